The SMILES string of the molecule is C[C@@H]1COCCN1c1nc(-n2c(N)nc3cc(F)ccc32)nc2c1cnn2S(=O)(=O)C1CC1. The second-order valence-corrected chi connectivity index (χ2v) is 10.4. The molecule has 1 aliphatic heterocycles. The molecule has 0 radical (unpaired) electrons. The summed E-state index contributed by atoms with van der Waals surface area (Å²) in [7, 11) is -3.69. The highest BCUT2D eigenvalue weighted by atomic mass is 32.2. The minimum Gasteiger partial charge on any atom is -0.377 e. The van der Waals surface area contributed by atoms with Crippen molar-refractivity contribution in [3.8, 4) is 5.95 Å². The van der Waals surface area contributed by atoms with Gasteiger partial charge < -0.3 is 15.4 Å². The van der Waals surface area contributed by atoms with Crippen LogP contribution in [0.4, 0.5) is 16.2 Å². The largest absolute Gasteiger partial charge is 0.377 e. The maximum Gasteiger partial charge on any atom is 0.258 e. The number of anilines is 2. The minimum atomic E-state index is -3.69. The molecule has 3 aromatic heterocycles. The molecule has 2 fully saturated rings. The molecule has 13 heteroatoms. The Morgan fingerprint density at radius 1 is 1.21 bits per heavy atom. The van der Waals surface area contributed by atoms with E-state index in [1.165, 1.54) is 29.0 Å². The first kappa shape index (κ1) is 20.3. The summed E-state index contributed by atoms with van der Waals surface area (Å²) >= 11 is 0. The van der Waals surface area contributed by atoms with E-state index in [1.807, 2.05) is 11.8 Å². The van der Waals surface area contributed by atoms with E-state index in [9.17, 15) is 12.8 Å². The third kappa shape index (κ3) is 3.14. The van der Waals surface area contributed by atoms with Crippen molar-refractivity contribution in [2.24, 2.45) is 0 Å². The Morgan fingerprint density at radius 2 is 2.03 bits per heavy atom. The van der Waals surface area contributed by atoms with Crippen LogP contribution in [0.25, 0.3) is 28.0 Å². The molecule has 1 aromatic carbocycles. The predicted molar refractivity (Wildman–Crippen MR) is 119 cm³/mol. The van der Waals surface area contributed by atoms with Gasteiger partial charge in [0, 0.05) is 12.6 Å². The fourth-order valence-corrected chi connectivity index (χ4v) is 5.77. The topological polar surface area (TPSA) is 134 Å². The van der Waals surface area contributed by atoms with E-state index < -0.39 is 21.1 Å². The molecule has 172 valence electrons. The Balaban J connectivity index is 1.64. The molecule has 2 aliphatic rings. The first-order chi connectivity index (χ1) is 15.8. The van der Waals surface area contributed by atoms with E-state index in [4.69, 9.17) is 15.5 Å². The average molecular weight is 473 g/mol. The maximum atomic E-state index is 13.7. The molecule has 0 spiro atoms. The van der Waals surface area contributed by atoms with Gasteiger partial charge in [-0.15, -0.1) is 4.09 Å². The van der Waals surface area contributed by atoms with Gasteiger partial charge in [0.05, 0.1) is 47.1 Å². The van der Waals surface area contributed by atoms with Crippen LogP contribution in [-0.4, -0.2) is 68.2 Å². The maximum absolute atomic E-state index is 13.7. The third-order valence-corrected chi connectivity index (χ3v) is 8.10. The number of benzene rings is 1. The van der Waals surface area contributed by atoms with Crippen LogP contribution in [0.1, 0.15) is 19.8 Å². The van der Waals surface area contributed by atoms with Crippen molar-refractivity contribution in [2.45, 2.75) is 31.1 Å². The normalized spacial score (nSPS) is 19.6. The number of hydrogen-bond donors (Lipinski definition) is 1. The van der Waals surface area contributed by atoms with Crippen molar-refractivity contribution >= 4 is 43.9 Å². The quantitative estimate of drug-likeness (QED) is 0.468. The molecular formula is C20H21FN8O3S. The highest BCUT2D eigenvalue weighted by Gasteiger charge is 2.39. The van der Waals surface area contributed by atoms with E-state index in [0.717, 1.165) is 4.09 Å². The van der Waals surface area contributed by atoms with Crippen molar-refractivity contribution < 1.29 is 17.5 Å². The van der Waals surface area contributed by atoms with Gasteiger partial charge >= 0.3 is 0 Å². The molecule has 4 aromatic rings. The second kappa shape index (κ2) is 7.09. The van der Waals surface area contributed by atoms with Crippen LogP contribution in [0.2, 0.25) is 0 Å². The first-order valence-corrected chi connectivity index (χ1v) is 12.1. The van der Waals surface area contributed by atoms with Crippen LogP contribution in [0, 0.1) is 5.82 Å². The monoisotopic (exact) mass is 472 g/mol. The molecule has 1 aliphatic carbocycles. The summed E-state index contributed by atoms with van der Waals surface area (Å²) in [6.45, 7) is 3.58. The Kier molecular flexibility index (Phi) is 4.36. The van der Waals surface area contributed by atoms with Gasteiger partial charge in [-0.1, -0.05) is 0 Å². The molecule has 1 saturated carbocycles. The molecule has 0 amide bonds. The molecule has 1 atom stereocenters. The minimum absolute atomic E-state index is 0.000867. The smallest absolute Gasteiger partial charge is 0.258 e. The number of nitrogens with zero attached hydrogens (tertiary/aromatic N) is 7. The van der Waals surface area contributed by atoms with Crippen LogP contribution in [-0.2, 0) is 14.8 Å². The van der Waals surface area contributed by atoms with Crippen molar-refractivity contribution in [2.75, 3.05) is 30.4 Å². The lowest BCUT2D eigenvalue weighted by molar-refractivity contribution is 0.0987. The summed E-state index contributed by atoms with van der Waals surface area (Å²) in [6.07, 6.45) is 2.68. The molecule has 33 heavy (non-hydrogen) atoms. The average Bonchev–Trinajstić information content (AvgIpc) is 3.48. The van der Waals surface area contributed by atoms with Crippen LogP contribution >= 0.6 is 0 Å². The third-order valence-electron chi connectivity index (χ3n) is 6.04. The van der Waals surface area contributed by atoms with Crippen LogP contribution < -0.4 is 10.6 Å². The van der Waals surface area contributed by atoms with Gasteiger partial charge in [0.1, 0.15) is 11.6 Å². The zero-order chi connectivity index (χ0) is 22.9. The van der Waals surface area contributed by atoms with Crippen LogP contribution in [0.3, 0.4) is 0 Å². The molecule has 4 heterocycles. The highest BCUT2D eigenvalue weighted by Crippen LogP contribution is 2.34. The highest BCUT2D eigenvalue weighted by molar-refractivity contribution is 7.90. The number of fused-ring (bicyclic) bond motifs is 2. The van der Waals surface area contributed by atoms with Gasteiger partial charge in [0.15, 0.2) is 5.65 Å². The summed E-state index contributed by atoms with van der Waals surface area (Å²) < 4.78 is 47.9. The summed E-state index contributed by atoms with van der Waals surface area (Å²) in [5, 5.41) is 4.24. The molecular weight excluding hydrogens is 451 g/mol. The van der Waals surface area contributed by atoms with E-state index in [-0.39, 0.29) is 23.6 Å². The van der Waals surface area contributed by atoms with E-state index in [1.54, 1.807) is 0 Å². The fourth-order valence-electron chi connectivity index (χ4n) is 4.20. The van der Waals surface area contributed by atoms with Gasteiger partial charge in [0.2, 0.25) is 11.9 Å². The molecule has 2 N–H and O–H groups in total. The Hall–Kier alpha value is -3.32. The molecule has 6 rings (SSSR count). The first-order valence-electron chi connectivity index (χ1n) is 10.6. The lowest BCUT2D eigenvalue weighted by Gasteiger charge is -2.34. The lowest BCUT2D eigenvalue weighted by atomic mass is 10.2. The number of hydrogen-bond acceptors (Lipinski definition) is 9. The number of halogens is 1. The van der Waals surface area contributed by atoms with Crippen molar-refractivity contribution in [1.29, 1.82) is 0 Å². The number of nitrogen functional groups attached to an aromatic ring is 1. The summed E-state index contributed by atoms with van der Waals surface area (Å²) in [5.41, 5.74) is 7.19. The summed E-state index contributed by atoms with van der Waals surface area (Å²) in [4.78, 5) is 15.6. The fraction of sp³-hybridized carbons (Fsp3) is 0.400. The molecule has 0 bridgehead atoms. The van der Waals surface area contributed by atoms with Crippen molar-refractivity contribution in [1.82, 2.24) is 28.7 Å². The number of aromatic nitrogens is 6. The van der Waals surface area contributed by atoms with Gasteiger partial charge in [-0.3, -0.25) is 0 Å². The predicted octanol–water partition coefficient (Wildman–Crippen LogP) is 1.45. The number of nitrogens with two attached hydrogens (primary N) is 1. The Bertz CT molecular complexity index is 1510. The summed E-state index contributed by atoms with van der Waals surface area (Å²) in [6, 6.07) is 4.11. The zero-order valence-electron chi connectivity index (χ0n) is 17.7. The summed E-state index contributed by atoms with van der Waals surface area (Å²) in [5.74, 6) is 0.286. The zero-order valence-corrected chi connectivity index (χ0v) is 18.5. The lowest BCUT2D eigenvalue weighted by Crippen LogP contribution is -2.44. The van der Waals surface area contributed by atoms with E-state index >= 15 is 0 Å². The van der Waals surface area contributed by atoms with Gasteiger partial charge in [-0.05, 0) is 31.9 Å². The number of rotatable bonds is 4. The van der Waals surface area contributed by atoms with Crippen LogP contribution in [0.15, 0.2) is 24.4 Å². The van der Waals surface area contributed by atoms with Gasteiger partial charge in [-0.25, -0.2) is 22.4 Å². The molecule has 0 unspecified atom stereocenters. The standard InChI is InChI=1S/C20H21FN8O3S/c1-11-10-32-7-6-27(11)17-14-9-23-29(33(30,31)13-3-4-13)18(14)26-20(25-17)28-16-5-2-12(21)8-15(16)24-19(28)22/h2,5,8-9,11,13H,3-4,6-7,10H2,1H3,(H2,22,24)/t11-/m1/s1. The van der Waals surface area contributed by atoms with E-state index in [0.29, 0.717) is 54.8 Å². The van der Waals surface area contributed by atoms with Crippen molar-refractivity contribution in [3.05, 3.63) is 30.2 Å². The number of ether oxygens (including phenoxy) is 1. The van der Waals surface area contributed by atoms with Crippen molar-refractivity contribution in [3.63, 3.8) is 0 Å². The molecule has 11 nitrogen and oxygen atoms in total. The molecule has 1 saturated heterocycles. The van der Waals surface area contributed by atoms with E-state index in [2.05, 4.69) is 15.1 Å². The van der Waals surface area contributed by atoms with Crippen LogP contribution in [0.5, 0.6) is 0 Å². The number of imidazole rings is 1. The van der Waals surface area contributed by atoms with Gasteiger partial charge in [0.25, 0.3) is 10.0 Å². The Labute approximate surface area is 188 Å². The second-order valence-electron chi connectivity index (χ2n) is 8.37. The number of morpholine rings is 1. The Morgan fingerprint density at radius 3 is 2.79 bits per heavy atom. The van der Waals surface area contributed by atoms with Gasteiger partial charge in [-0.2, -0.15) is 15.1 Å².